The molecule has 180 valence electrons. The van der Waals surface area contributed by atoms with E-state index in [9.17, 15) is 19.5 Å². The number of nitrogens with zero attached hydrogens (tertiary/aromatic N) is 1. The number of hydrogen-bond acceptors (Lipinski definition) is 5. The van der Waals surface area contributed by atoms with Crippen molar-refractivity contribution in [3.63, 3.8) is 0 Å². The van der Waals surface area contributed by atoms with E-state index in [0.717, 1.165) is 32.1 Å². The number of carbonyl (C=O) groups excluding carboxylic acids is 3. The number of carbonyl (C=O) groups is 3. The fourth-order valence-electron chi connectivity index (χ4n) is 6.65. The molecule has 5 atom stereocenters. The molecular weight excluding hydrogens is 410 g/mol. The van der Waals surface area contributed by atoms with Gasteiger partial charge in [-0.05, 0) is 51.9 Å². The molecule has 0 aromatic heterocycles. The monoisotopic (exact) mass is 449 g/mol. The Labute approximate surface area is 190 Å². The van der Waals surface area contributed by atoms with Gasteiger partial charge in [-0.1, -0.05) is 26.2 Å². The number of likely N-dealkylation sites (tertiary alicyclic amines) is 1. The first-order valence-corrected chi connectivity index (χ1v) is 12.6. The van der Waals surface area contributed by atoms with E-state index in [-0.39, 0.29) is 30.4 Å². The van der Waals surface area contributed by atoms with E-state index in [4.69, 9.17) is 4.74 Å². The Hall–Kier alpha value is -1.67. The number of aliphatic hydroxyl groups is 1. The number of hydrogen-bond donors (Lipinski definition) is 3. The van der Waals surface area contributed by atoms with Gasteiger partial charge in [0.25, 0.3) is 0 Å². The standard InChI is InChI=1S/C24H39N3O5/c1-3-13-25-20(29)17-18-22(31)27(14-7-8-15-28)19(24(18)12-11-23(17,2)32-24)21(30)26-16-9-5-4-6-10-16/h16-19,28H,3-15H2,1-2H3,(H,25,29)(H,26,30)/t17-,18+,19?,23+,24?/m1/s1. The quantitative estimate of drug-likeness (QED) is 0.463. The lowest BCUT2D eigenvalue weighted by Crippen LogP contribution is -2.57. The van der Waals surface area contributed by atoms with Gasteiger partial charge in [-0.2, -0.15) is 0 Å². The van der Waals surface area contributed by atoms with Crippen molar-refractivity contribution >= 4 is 17.7 Å². The van der Waals surface area contributed by atoms with Crippen molar-refractivity contribution in [1.29, 1.82) is 0 Å². The van der Waals surface area contributed by atoms with Crippen LogP contribution in [0.3, 0.4) is 0 Å². The minimum absolute atomic E-state index is 0.0478. The second-order valence-corrected chi connectivity index (χ2v) is 10.3. The lowest BCUT2D eigenvalue weighted by atomic mass is 9.66. The van der Waals surface area contributed by atoms with E-state index in [1.165, 1.54) is 6.42 Å². The number of nitrogens with one attached hydrogen (secondary N) is 2. The normalized spacial score (nSPS) is 36.4. The summed E-state index contributed by atoms with van der Waals surface area (Å²) in [5.41, 5.74) is -1.67. The van der Waals surface area contributed by atoms with Crippen LogP contribution in [0, 0.1) is 11.8 Å². The van der Waals surface area contributed by atoms with Crippen LogP contribution in [-0.4, -0.2) is 70.7 Å². The fraction of sp³-hybridized carbons (Fsp3) is 0.875. The Kier molecular flexibility index (Phi) is 6.82. The summed E-state index contributed by atoms with van der Waals surface area (Å²) in [5, 5.41) is 15.4. The van der Waals surface area contributed by atoms with Crippen LogP contribution in [0.25, 0.3) is 0 Å². The number of ether oxygens (including phenoxy) is 1. The van der Waals surface area contributed by atoms with Crippen molar-refractivity contribution in [3.05, 3.63) is 0 Å². The molecule has 8 heteroatoms. The van der Waals surface area contributed by atoms with Crippen LogP contribution in [0.2, 0.25) is 0 Å². The van der Waals surface area contributed by atoms with Crippen LogP contribution in [0.1, 0.15) is 78.1 Å². The van der Waals surface area contributed by atoms with Gasteiger partial charge in [-0.15, -0.1) is 0 Å². The first-order chi connectivity index (χ1) is 15.4. The molecule has 0 radical (unpaired) electrons. The van der Waals surface area contributed by atoms with Crippen molar-refractivity contribution in [2.75, 3.05) is 19.7 Å². The molecule has 32 heavy (non-hydrogen) atoms. The average molecular weight is 450 g/mol. The molecule has 0 aromatic carbocycles. The highest BCUT2D eigenvalue weighted by molar-refractivity contribution is 5.99. The van der Waals surface area contributed by atoms with E-state index in [1.807, 2.05) is 13.8 Å². The third-order valence-electron chi connectivity index (χ3n) is 8.12. The summed E-state index contributed by atoms with van der Waals surface area (Å²) in [6.45, 7) is 4.92. The Morgan fingerprint density at radius 2 is 1.91 bits per heavy atom. The summed E-state index contributed by atoms with van der Waals surface area (Å²) in [6.07, 6.45) is 8.62. The molecule has 3 heterocycles. The Balaban J connectivity index is 1.63. The molecule has 4 fully saturated rings. The predicted octanol–water partition coefficient (Wildman–Crippen LogP) is 1.50. The van der Waals surface area contributed by atoms with Gasteiger partial charge in [0.15, 0.2) is 0 Å². The third-order valence-corrected chi connectivity index (χ3v) is 8.12. The maximum absolute atomic E-state index is 13.7. The summed E-state index contributed by atoms with van der Waals surface area (Å²) >= 11 is 0. The average Bonchev–Trinajstić information content (AvgIpc) is 3.34. The van der Waals surface area contributed by atoms with E-state index >= 15 is 0 Å². The van der Waals surface area contributed by atoms with Gasteiger partial charge in [0.2, 0.25) is 17.7 Å². The molecule has 3 amide bonds. The molecule has 2 unspecified atom stereocenters. The SMILES string of the molecule is CCCNC(=O)[C@H]1[C@H]2C(=O)N(CCCCO)C(C(=O)NC3CCCCC3)C23CC[C@]1(C)O3. The summed E-state index contributed by atoms with van der Waals surface area (Å²) in [5.74, 6) is -1.64. The van der Waals surface area contributed by atoms with Crippen LogP contribution < -0.4 is 10.6 Å². The van der Waals surface area contributed by atoms with Gasteiger partial charge in [0, 0.05) is 25.7 Å². The second-order valence-electron chi connectivity index (χ2n) is 10.3. The molecule has 3 aliphatic heterocycles. The molecule has 4 rings (SSSR count). The summed E-state index contributed by atoms with van der Waals surface area (Å²) in [7, 11) is 0. The zero-order chi connectivity index (χ0) is 22.9. The van der Waals surface area contributed by atoms with Crippen molar-refractivity contribution in [1.82, 2.24) is 15.5 Å². The highest BCUT2D eigenvalue weighted by atomic mass is 16.5. The summed E-state index contributed by atoms with van der Waals surface area (Å²) in [4.78, 5) is 42.2. The second kappa shape index (κ2) is 9.29. The summed E-state index contributed by atoms with van der Waals surface area (Å²) < 4.78 is 6.58. The highest BCUT2D eigenvalue weighted by Crippen LogP contribution is 2.63. The van der Waals surface area contributed by atoms with Gasteiger partial charge < -0.3 is 25.4 Å². The van der Waals surface area contributed by atoms with Gasteiger partial charge in [0.05, 0.1) is 17.4 Å². The zero-order valence-electron chi connectivity index (χ0n) is 19.5. The van der Waals surface area contributed by atoms with Gasteiger partial charge in [-0.25, -0.2) is 0 Å². The maximum atomic E-state index is 13.7. The van der Waals surface area contributed by atoms with Crippen LogP contribution in [0.5, 0.6) is 0 Å². The van der Waals surface area contributed by atoms with Crippen molar-refractivity contribution in [2.45, 2.75) is 101 Å². The number of amides is 3. The number of aliphatic hydroxyl groups excluding tert-OH is 1. The largest absolute Gasteiger partial charge is 0.396 e. The molecule has 3 saturated heterocycles. The van der Waals surface area contributed by atoms with Crippen molar-refractivity contribution < 1.29 is 24.2 Å². The Morgan fingerprint density at radius 3 is 2.59 bits per heavy atom. The number of unbranched alkanes of at least 4 members (excludes halogenated alkanes) is 1. The van der Waals surface area contributed by atoms with E-state index in [1.54, 1.807) is 4.90 Å². The van der Waals surface area contributed by atoms with E-state index in [0.29, 0.717) is 38.8 Å². The number of fused-ring (bicyclic) bond motifs is 1. The molecule has 3 N–H and O–H groups in total. The Morgan fingerprint density at radius 1 is 1.16 bits per heavy atom. The molecule has 1 spiro atoms. The van der Waals surface area contributed by atoms with Crippen LogP contribution in [0.15, 0.2) is 0 Å². The molecular formula is C24H39N3O5. The van der Waals surface area contributed by atoms with Gasteiger partial charge in [0.1, 0.15) is 11.6 Å². The first kappa shape index (κ1) is 23.5. The van der Waals surface area contributed by atoms with Crippen LogP contribution in [-0.2, 0) is 19.1 Å². The van der Waals surface area contributed by atoms with Gasteiger partial charge in [-0.3, -0.25) is 14.4 Å². The van der Waals surface area contributed by atoms with Crippen LogP contribution >= 0.6 is 0 Å². The molecule has 1 saturated carbocycles. The predicted molar refractivity (Wildman–Crippen MR) is 119 cm³/mol. The molecule has 2 bridgehead atoms. The van der Waals surface area contributed by atoms with E-state index in [2.05, 4.69) is 10.6 Å². The summed E-state index contributed by atoms with van der Waals surface area (Å²) in [6, 6.07) is -0.578. The van der Waals surface area contributed by atoms with E-state index < -0.39 is 29.1 Å². The minimum atomic E-state index is -0.946. The fourth-order valence-corrected chi connectivity index (χ4v) is 6.65. The number of rotatable bonds is 9. The minimum Gasteiger partial charge on any atom is -0.396 e. The molecule has 4 aliphatic rings. The lowest BCUT2D eigenvalue weighted by molar-refractivity contribution is -0.146. The highest BCUT2D eigenvalue weighted by Gasteiger charge is 2.77. The smallest absolute Gasteiger partial charge is 0.246 e. The maximum Gasteiger partial charge on any atom is 0.246 e. The van der Waals surface area contributed by atoms with Crippen molar-refractivity contribution in [2.24, 2.45) is 11.8 Å². The van der Waals surface area contributed by atoms with Crippen molar-refractivity contribution in [3.8, 4) is 0 Å². The first-order valence-electron chi connectivity index (χ1n) is 12.6. The molecule has 0 aromatic rings. The lowest BCUT2D eigenvalue weighted by Gasteiger charge is -2.35. The van der Waals surface area contributed by atoms with Crippen LogP contribution in [0.4, 0.5) is 0 Å². The third kappa shape index (κ3) is 3.83. The Bertz CT molecular complexity index is 739. The van der Waals surface area contributed by atoms with Gasteiger partial charge >= 0.3 is 0 Å². The topological polar surface area (TPSA) is 108 Å². The zero-order valence-corrected chi connectivity index (χ0v) is 19.5. The molecule has 8 nitrogen and oxygen atoms in total. The molecule has 1 aliphatic carbocycles.